The summed E-state index contributed by atoms with van der Waals surface area (Å²) in [6, 6.07) is 9.87. The van der Waals surface area contributed by atoms with Gasteiger partial charge < -0.3 is 14.3 Å². The predicted molar refractivity (Wildman–Crippen MR) is 91.5 cm³/mol. The van der Waals surface area contributed by atoms with Gasteiger partial charge in [0.1, 0.15) is 5.52 Å². The summed E-state index contributed by atoms with van der Waals surface area (Å²) in [4.78, 5) is 16.3. The molecule has 0 bridgehead atoms. The lowest BCUT2D eigenvalue weighted by atomic mass is 10.2. The molecule has 0 saturated carbocycles. The molecule has 0 unspecified atom stereocenters. The molecular weight excluding hydrogens is 353 g/mol. The number of nitrogens with zero attached hydrogens (tertiary/aromatic N) is 1. The zero-order chi connectivity index (χ0) is 17.1. The summed E-state index contributed by atoms with van der Waals surface area (Å²) in [5.74, 6) is -0.116. The Bertz CT molecular complexity index is 871. The summed E-state index contributed by atoms with van der Waals surface area (Å²) in [6.45, 7) is 0.135. The van der Waals surface area contributed by atoms with E-state index in [0.29, 0.717) is 44.6 Å². The van der Waals surface area contributed by atoms with Crippen molar-refractivity contribution in [1.82, 2.24) is 4.98 Å². The van der Waals surface area contributed by atoms with Crippen LogP contribution in [-0.2, 0) is 4.74 Å². The van der Waals surface area contributed by atoms with E-state index < -0.39 is 5.97 Å². The van der Waals surface area contributed by atoms with Crippen LogP contribution in [0.5, 0.6) is 0 Å². The minimum Gasteiger partial charge on any atom is -0.462 e. The van der Waals surface area contributed by atoms with E-state index in [9.17, 15) is 4.79 Å². The molecule has 0 aliphatic carbocycles. The second-order valence-electron chi connectivity index (χ2n) is 5.07. The smallest absolute Gasteiger partial charge is 0.338 e. The van der Waals surface area contributed by atoms with E-state index in [1.165, 1.54) is 0 Å². The van der Waals surface area contributed by atoms with E-state index in [-0.39, 0.29) is 13.2 Å². The second-order valence-corrected chi connectivity index (χ2v) is 5.95. The van der Waals surface area contributed by atoms with Gasteiger partial charge in [-0.1, -0.05) is 23.2 Å². The van der Waals surface area contributed by atoms with Crippen LogP contribution in [0.25, 0.3) is 22.6 Å². The summed E-state index contributed by atoms with van der Waals surface area (Å²) in [5.41, 5.74) is 2.06. The maximum atomic E-state index is 11.9. The number of aliphatic hydroxyl groups excluding tert-OH is 1. The van der Waals surface area contributed by atoms with Crippen molar-refractivity contribution < 1.29 is 19.1 Å². The van der Waals surface area contributed by atoms with E-state index in [4.69, 9.17) is 37.5 Å². The lowest BCUT2D eigenvalue weighted by Gasteiger charge is -2.02. The van der Waals surface area contributed by atoms with Crippen LogP contribution in [0.1, 0.15) is 16.8 Å². The highest BCUT2D eigenvalue weighted by Gasteiger charge is 2.13. The first-order valence-corrected chi connectivity index (χ1v) is 7.97. The fourth-order valence-corrected chi connectivity index (χ4v) is 2.69. The molecule has 24 heavy (non-hydrogen) atoms. The number of halogens is 2. The van der Waals surface area contributed by atoms with Crippen LogP contribution < -0.4 is 0 Å². The zero-order valence-electron chi connectivity index (χ0n) is 12.5. The molecule has 0 aliphatic heterocycles. The van der Waals surface area contributed by atoms with Gasteiger partial charge in [-0.2, -0.15) is 0 Å². The van der Waals surface area contributed by atoms with Crippen molar-refractivity contribution >= 4 is 40.3 Å². The van der Waals surface area contributed by atoms with Gasteiger partial charge in [-0.3, -0.25) is 0 Å². The Labute approximate surface area is 147 Å². The van der Waals surface area contributed by atoms with E-state index in [0.717, 1.165) is 0 Å². The minimum atomic E-state index is -0.478. The summed E-state index contributed by atoms with van der Waals surface area (Å²) in [7, 11) is 0. The molecule has 0 spiro atoms. The standard InChI is InChI=1S/C17H13Cl2NO4/c18-12-6-11(7-13(19)9-12)16-20-14-3-2-10(8-15(14)24-16)17(22)23-5-1-4-21/h2-3,6-9,21H,1,4-5H2. The molecule has 0 fully saturated rings. The molecule has 0 aliphatic rings. The first kappa shape index (κ1) is 16.8. The molecule has 124 valence electrons. The lowest BCUT2D eigenvalue weighted by molar-refractivity contribution is 0.0482. The van der Waals surface area contributed by atoms with Crippen molar-refractivity contribution in [2.24, 2.45) is 0 Å². The van der Waals surface area contributed by atoms with Crippen LogP contribution in [0.3, 0.4) is 0 Å². The van der Waals surface area contributed by atoms with Gasteiger partial charge in [0.25, 0.3) is 0 Å². The van der Waals surface area contributed by atoms with E-state index in [1.807, 2.05) is 0 Å². The molecular formula is C17H13Cl2NO4. The number of carbonyl (C=O) groups excluding carboxylic acids is 1. The summed E-state index contributed by atoms with van der Waals surface area (Å²) < 4.78 is 10.7. The Kier molecular flexibility index (Phi) is 5.04. The SMILES string of the molecule is O=C(OCCCO)c1ccc2nc(-c3cc(Cl)cc(Cl)c3)oc2c1. The Morgan fingerprint density at radius 2 is 1.92 bits per heavy atom. The number of esters is 1. The maximum absolute atomic E-state index is 11.9. The number of aliphatic hydroxyl groups is 1. The average Bonchev–Trinajstić information content (AvgIpc) is 2.97. The van der Waals surface area contributed by atoms with Gasteiger partial charge in [-0.25, -0.2) is 9.78 Å². The summed E-state index contributed by atoms with van der Waals surface area (Å²) >= 11 is 12.0. The van der Waals surface area contributed by atoms with Crippen molar-refractivity contribution in [3.05, 3.63) is 52.0 Å². The van der Waals surface area contributed by atoms with E-state index in [1.54, 1.807) is 36.4 Å². The molecule has 1 N–H and O–H groups in total. The quantitative estimate of drug-likeness (QED) is 0.537. The van der Waals surface area contributed by atoms with E-state index in [2.05, 4.69) is 4.98 Å². The molecule has 2 aromatic carbocycles. The third kappa shape index (κ3) is 3.70. The van der Waals surface area contributed by atoms with Crippen molar-refractivity contribution in [3.8, 4) is 11.5 Å². The monoisotopic (exact) mass is 365 g/mol. The van der Waals surface area contributed by atoms with Crippen LogP contribution >= 0.6 is 23.2 Å². The topological polar surface area (TPSA) is 72.6 Å². The number of fused-ring (bicyclic) bond motifs is 1. The van der Waals surface area contributed by atoms with Crippen molar-refractivity contribution in [2.75, 3.05) is 13.2 Å². The van der Waals surface area contributed by atoms with Gasteiger partial charge in [0.15, 0.2) is 5.58 Å². The Morgan fingerprint density at radius 3 is 2.62 bits per heavy atom. The number of aromatic nitrogens is 1. The number of carbonyl (C=O) groups is 1. The molecule has 0 atom stereocenters. The maximum Gasteiger partial charge on any atom is 0.338 e. The third-order valence-electron chi connectivity index (χ3n) is 3.27. The van der Waals surface area contributed by atoms with Gasteiger partial charge in [0.2, 0.25) is 5.89 Å². The van der Waals surface area contributed by atoms with Crippen molar-refractivity contribution in [1.29, 1.82) is 0 Å². The van der Waals surface area contributed by atoms with E-state index >= 15 is 0 Å². The minimum absolute atomic E-state index is 0.0278. The zero-order valence-corrected chi connectivity index (χ0v) is 14.0. The number of rotatable bonds is 5. The largest absolute Gasteiger partial charge is 0.462 e. The lowest BCUT2D eigenvalue weighted by Crippen LogP contribution is -2.07. The van der Waals surface area contributed by atoms with Gasteiger partial charge in [0.05, 0.1) is 12.2 Å². The van der Waals surface area contributed by atoms with Crippen LogP contribution in [-0.4, -0.2) is 29.3 Å². The van der Waals surface area contributed by atoms with Crippen LogP contribution in [0, 0.1) is 0 Å². The highest BCUT2D eigenvalue weighted by molar-refractivity contribution is 6.35. The molecule has 0 saturated heterocycles. The first-order valence-electron chi connectivity index (χ1n) is 7.22. The normalized spacial score (nSPS) is 11.0. The third-order valence-corrected chi connectivity index (χ3v) is 3.71. The number of benzene rings is 2. The highest BCUT2D eigenvalue weighted by Crippen LogP contribution is 2.29. The molecule has 1 aromatic heterocycles. The molecule has 3 aromatic rings. The van der Waals surface area contributed by atoms with Crippen LogP contribution in [0.2, 0.25) is 10.0 Å². The van der Waals surface area contributed by atoms with Gasteiger partial charge in [0, 0.05) is 28.6 Å². The second kappa shape index (κ2) is 7.21. The molecule has 7 heteroatoms. The van der Waals surface area contributed by atoms with Gasteiger partial charge >= 0.3 is 5.97 Å². The fraction of sp³-hybridized carbons (Fsp3) is 0.176. The molecule has 3 rings (SSSR count). The molecule has 1 heterocycles. The Morgan fingerprint density at radius 1 is 1.17 bits per heavy atom. The Hall–Kier alpha value is -2.08. The summed E-state index contributed by atoms with van der Waals surface area (Å²) in [5, 5.41) is 9.67. The Balaban J connectivity index is 1.90. The van der Waals surface area contributed by atoms with Crippen LogP contribution in [0.15, 0.2) is 40.8 Å². The van der Waals surface area contributed by atoms with Gasteiger partial charge in [-0.05, 0) is 36.4 Å². The van der Waals surface area contributed by atoms with Crippen LogP contribution in [0.4, 0.5) is 0 Å². The molecule has 0 radical (unpaired) electrons. The molecule has 0 amide bonds. The number of oxazole rings is 1. The number of hydrogen-bond acceptors (Lipinski definition) is 5. The summed E-state index contributed by atoms with van der Waals surface area (Å²) in [6.07, 6.45) is 0.399. The predicted octanol–water partition coefficient (Wildman–Crippen LogP) is 4.34. The van der Waals surface area contributed by atoms with Crippen molar-refractivity contribution in [2.45, 2.75) is 6.42 Å². The van der Waals surface area contributed by atoms with Crippen molar-refractivity contribution in [3.63, 3.8) is 0 Å². The molecule has 5 nitrogen and oxygen atoms in total. The first-order chi connectivity index (χ1) is 11.6. The van der Waals surface area contributed by atoms with Gasteiger partial charge in [-0.15, -0.1) is 0 Å². The fourth-order valence-electron chi connectivity index (χ4n) is 2.17. The highest BCUT2D eigenvalue weighted by atomic mass is 35.5. The number of hydrogen-bond donors (Lipinski definition) is 1. The number of ether oxygens (including phenoxy) is 1. The average molecular weight is 366 g/mol.